The Bertz CT molecular complexity index is 392. The molecule has 0 radical (unpaired) electrons. The van der Waals surface area contributed by atoms with Gasteiger partial charge in [0.1, 0.15) is 5.82 Å². The summed E-state index contributed by atoms with van der Waals surface area (Å²) in [6.45, 7) is 6.45. The van der Waals surface area contributed by atoms with Crippen LogP contribution in [-0.2, 0) is 11.3 Å². The van der Waals surface area contributed by atoms with Crippen molar-refractivity contribution in [1.82, 2.24) is 14.9 Å². The summed E-state index contributed by atoms with van der Waals surface area (Å²) in [6.07, 6.45) is 7.93. The van der Waals surface area contributed by atoms with Gasteiger partial charge in [0.15, 0.2) is 0 Å². The first-order valence-corrected chi connectivity index (χ1v) is 7.43. The van der Waals surface area contributed by atoms with Gasteiger partial charge in [-0.15, -0.1) is 0 Å². The Hall–Kier alpha value is -1.00. The monoisotopic (exact) mass is 261 g/mol. The summed E-state index contributed by atoms with van der Waals surface area (Å²) in [7, 11) is 0. The smallest absolute Gasteiger partial charge is 0.142 e. The first kappa shape index (κ1) is 13.0. The fourth-order valence-electron chi connectivity index (χ4n) is 3.42. The van der Waals surface area contributed by atoms with Crippen molar-refractivity contribution in [3.8, 4) is 0 Å². The lowest BCUT2D eigenvalue weighted by Crippen LogP contribution is -2.32. The molecule has 0 spiro atoms. The number of rotatable bonds is 3. The minimum Gasteiger partial charge on any atom is -0.378 e. The molecule has 1 aromatic heterocycles. The van der Waals surface area contributed by atoms with Crippen molar-refractivity contribution < 1.29 is 4.74 Å². The highest BCUT2D eigenvalue weighted by atomic mass is 16.5. The van der Waals surface area contributed by atoms with Crippen molar-refractivity contribution in [2.75, 3.05) is 19.7 Å². The molecule has 0 bridgehead atoms. The van der Waals surface area contributed by atoms with Crippen LogP contribution in [0.5, 0.6) is 0 Å². The van der Waals surface area contributed by atoms with Crippen LogP contribution in [0.2, 0.25) is 0 Å². The van der Waals surface area contributed by atoms with Gasteiger partial charge in [-0.3, -0.25) is 4.90 Å². The number of ether oxygens (including phenoxy) is 1. The van der Waals surface area contributed by atoms with E-state index >= 15 is 0 Å². The molecule has 3 atom stereocenters. The Kier molecular flexibility index (Phi) is 4.09. The van der Waals surface area contributed by atoms with Crippen LogP contribution < -0.4 is 0 Å². The van der Waals surface area contributed by atoms with Gasteiger partial charge in [-0.2, -0.15) is 0 Å². The third-order valence-corrected chi connectivity index (χ3v) is 4.42. The minimum atomic E-state index is 0.477. The van der Waals surface area contributed by atoms with Crippen molar-refractivity contribution in [2.24, 2.45) is 11.8 Å². The standard InChI is InChI=1S/C15H23N3O/c1-12-9-18(11-15-16-6-4-7-17-15)10-13(12)14-5-2-3-8-19-14/h4,6-7,12-14H,2-3,5,8-11H2,1H3/t12-,13-,14?/m1/s1. The van der Waals surface area contributed by atoms with Crippen LogP contribution in [0.4, 0.5) is 0 Å². The first-order chi connectivity index (χ1) is 9.33. The Morgan fingerprint density at radius 3 is 2.84 bits per heavy atom. The third-order valence-electron chi connectivity index (χ3n) is 4.42. The van der Waals surface area contributed by atoms with Gasteiger partial charge in [-0.1, -0.05) is 6.92 Å². The van der Waals surface area contributed by atoms with E-state index in [9.17, 15) is 0 Å². The van der Waals surface area contributed by atoms with Gasteiger partial charge in [0.05, 0.1) is 12.6 Å². The average Bonchev–Trinajstić information content (AvgIpc) is 2.82. The van der Waals surface area contributed by atoms with E-state index in [1.54, 1.807) is 0 Å². The van der Waals surface area contributed by atoms with Crippen LogP contribution >= 0.6 is 0 Å². The van der Waals surface area contributed by atoms with Crippen LogP contribution in [-0.4, -0.2) is 40.7 Å². The molecular formula is C15H23N3O. The quantitative estimate of drug-likeness (QED) is 0.835. The third kappa shape index (κ3) is 3.12. The summed E-state index contributed by atoms with van der Waals surface area (Å²) < 4.78 is 5.97. The van der Waals surface area contributed by atoms with E-state index in [1.165, 1.54) is 19.3 Å². The Labute approximate surface area is 115 Å². The van der Waals surface area contributed by atoms with Gasteiger partial charge in [0.25, 0.3) is 0 Å². The summed E-state index contributed by atoms with van der Waals surface area (Å²) in [5.74, 6) is 2.33. The molecule has 2 aliphatic heterocycles. The van der Waals surface area contributed by atoms with Gasteiger partial charge < -0.3 is 4.74 Å². The maximum atomic E-state index is 5.97. The lowest BCUT2D eigenvalue weighted by molar-refractivity contribution is -0.0267. The normalized spacial score (nSPS) is 32.6. The molecule has 0 aromatic carbocycles. The summed E-state index contributed by atoms with van der Waals surface area (Å²) >= 11 is 0. The van der Waals surface area contributed by atoms with Crippen LogP contribution in [0.25, 0.3) is 0 Å². The second-order valence-electron chi connectivity index (χ2n) is 5.91. The summed E-state index contributed by atoms with van der Waals surface area (Å²) in [5.41, 5.74) is 0. The molecule has 0 amide bonds. The molecule has 2 saturated heterocycles. The topological polar surface area (TPSA) is 38.2 Å². The van der Waals surface area contributed by atoms with E-state index in [0.717, 1.165) is 32.1 Å². The molecule has 3 heterocycles. The number of aromatic nitrogens is 2. The summed E-state index contributed by atoms with van der Waals surface area (Å²) in [6, 6.07) is 1.87. The Morgan fingerprint density at radius 1 is 1.26 bits per heavy atom. The number of likely N-dealkylation sites (tertiary alicyclic amines) is 1. The molecule has 0 saturated carbocycles. The number of hydrogen-bond acceptors (Lipinski definition) is 4. The van der Waals surface area contributed by atoms with Gasteiger partial charge in [-0.05, 0) is 31.2 Å². The molecule has 2 aliphatic rings. The van der Waals surface area contributed by atoms with Crippen molar-refractivity contribution in [3.05, 3.63) is 24.3 Å². The van der Waals surface area contributed by atoms with Crippen LogP contribution in [0.3, 0.4) is 0 Å². The maximum absolute atomic E-state index is 5.97. The second-order valence-corrected chi connectivity index (χ2v) is 5.91. The Morgan fingerprint density at radius 2 is 2.11 bits per heavy atom. The lowest BCUT2D eigenvalue weighted by atomic mass is 9.88. The van der Waals surface area contributed by atoms with Crippen molar-refractivity contribution in [2.45, 2.75) is 38.8 Å². The fourth-order valence-corrected chi connectivity index (χ4v) is 3.42. The van der Waals surface area contributed by atoms with Gasteiger partial charge in [0.2, 0.25) is 0 Å². The molecule has 0 aliphatic carbocycles. The predicted molar refractivity (Wildman–Crippen MR) is 73.6 cm³/mol. The zero-order chi connectivity index (χ0) is 13.1. The van der Waals surface area contributed by atoms with Crippen molar-refractivity contribution in [3.63, 3.8) is 0 Å². The van der Waals surface area contributed by atoms with E-state index in [4.69, 9.17) is 4.74 Å². The van der Waals surface area contributed by atoms with Gasteiger partial charge >= 0.3 is 0 Å². The fraction of sp³-hybridized carbons (Fsp3) is 0.733. The molecule has 3 rings (SSSR count). The van der Waals surface area contributed by atoms with Crippen LogP contribution in [0.1, 0.15) is 32.0 Å². The molecule has 4 heteroatoms. The zero-order valence-electron chi connectivity index (χ0n) is 11.7. The highest BCUT2D eigenvalue weighted by molar-refractivity contribution is 4.93. The van der Waals surface area contributed by atoms with Crippen molar-refractivity contribution >= 4 is 0 Å². The zero-order valence-corrected chi connectivity index (χ0v) is 11.7. The number of nitrogens with zero attached hydrogens (tertiary/aromatic N) is 3. The van der Waals surface area contributed by atoms with Crippen LogP contribution in [0.15, 0.2) is 18.5 Å². The summed E-state index contributed by atoms with van der Waals surface area (Å²) in [4.78, 5) is 11.1. The van der Waals surface area contributed by atoms with E-state index in [2.05, 4.69) is 21.8 Å². The van der Waals surface area contributed by atoms with E-state index in [-0.39, 0.29) is 0 Å². The molecule has 2 fully saturated rings. The molecule has 1 unspecified atom stereocenters. The Balaban J connectivity index is 1.58. The van der Waals surface area contributed by atoms with E-state index < -0.39 is 0 Å². The summed E-state index contributed by atoms with van der Waals surface area (Å²) in [5, 5.41) is 0. The highest BCUT2D eigenvalue weighted by Gasteiger charge is 2.36. The average molecular weight is 261 g/mol. The van der Waals surface area contributed by atoms with Gasteiger partial charge in [0, 0.05) is 38.0 Å². The van der Waals surface area contributed by atoms with Crippen molar-refractivity contribution in [1.29, 1.82) is 0 Å². The second kappa shape index (κ2) is 5.97. The molecule has 104 valence electrons. The highest BCUT2D eigenvalue weighted by Crippen LogP contribution is 2.32. The minimum absolute atomic E-state index is 0.477. The lowest BCUT2D eigenvalue weighted by Gasteiger charge is -2.30. The van der Waals surface area contributed by atoms with E-state index in [0.29, 0.717) is 17.9 Å². The molecule has 4 nitrogen and oxygen atoms in total. The largest absolute Gasteiger partial charge is 0.378 e. The van der Waals surface area contributed by atoms with E-state index in [1.807, 2.05) is 18.5 Å². The van der Waals surface area contributed by atoms with Gasteiger partial charge in [-0.25, -0.2) is 9.97 Å². The maximum Gasteiger partial charge on any atom is 0.142 e. The molecule has 19 heavy (non-hydrogen) atoms. The molecule has 1 aromatic rings. The molecular weight excluding hydrogens is 238 g/mol. The predicted octanol–water partition coefficient (Wildman–Crippen LogP) is 2.11. The number of hydrogen-bond donors (Lipinski definition) is 0. The SMILES string of the molecule is C[C@@H]1CN(Cc2ncccn2)C[C@H]1C1CCCCO1. The molecule has 0 N–H and O–H groups in total. The first-order valence-electron chi connectivity index (χ1n) is 7.43. The van der Waals surface area contributed by atoms with Crippen LogP contribution in [0, 0.1) is 11.8 Å².